The molecule has 6 heteroatoms. The van der Waals surface area contributed by atoms with Crippen LogP contribution in [0.2, 0.25) is 0 Å². The van der Waals surface area contributed by atoms with Gasteiger partial charge in [-0.2, -0.15) is 0 Å². The van der Waals surface area contributed by atoms with Crippen LogP contribution >= 0.6 is 0 Å². The fourth-order valence-corrected chi connectivity index (χ4v) is 2.10. The molecule has 1 aromatic rings. The Labute approximate surface area is 109 Å². The van der Waals surface area contributed by atoms with Crippen LogP contribution in [0, 0.1) is 5.82 Å². The van der Waals surface area contributed by atoms with Gasteiger partial charge in [-0.05, 0) is 31.4 Å². The number of benzene rings is 1. The summed E-state index contributed by atoms with van der Waals surface area (Å²) < 4.78 is 18.6. The summed E-state index contributed by atoms with van der Waals surface area (Å²) >= 11 is 0. The first kappa shape index (κ1) is 13.3. The number of carbonyl (C=O) groups excluding carboxylic acids is 1. The van der Waals surface area contributed by atoms with Gasteiger partial charge in [0.25, 0.3) is 5.91 Å². The van der Waals surface area contributed by atoms with E-state index in [2.05, 4.69) is 5.32 Å². The van der Waals surface area contributed by atoms with Crippen LogP contribution in [0.1, 0.15) is 29.6 Å². The largest absolute Gasteiger partial charge is 0.496 e. The zero-order valence-electron chi connectivity index (χ0n) is 10.4. The first-order valence-corrected chi connectivity index (χ1v) is 5.88. The second-order valence-corrected chi connectivity index (χ2v) is 4.51. The molecule has 1 amide bonds. The van der Waals surface area contributed by atoms with Gasteiger partial charge < -0.3 is 15.2 Å². The molecule has 0 saturated heterocycles. The van der Waals surface area contributed by atoms with Gasteiger partial charge in [0.15, 0.2) is 0 Å². The molecule has 19 heavy (non-hydrogen) atoms. The number of aliphatic carboxylic acids is 1. The van der Waals surface area contributed by atoms with Crippen molar-refractivity contribution in [3.8, 4) is 5.75 Å². The molecule has 5 nitrogen and oxygen atoms in total. The number of rotatable bonds is 4. The van der Waals surface area contributed by atoms with Crippen LogP contribution in [0.25, 0.3) is 0 Å². The number of methoxy groups -OCH3 is 1. The summed E-state index contributed by atoms with van der Waals surface area (Å²) in [6.07, 6.45) is 1.43. The van der Waals surface area contributed by atoms with Gasteiger partial charge in [0.1, 0.15) is 22.7 Å². The molecule has 0 aromatic heterocycles. The number of hydrogen-bond acceptors (Lipinski definition) is 3. The Morgan fingerprint density at radius 1 is 1.42 bits per heavy atom. The van der Waals surface area contributed by atoms with Crippen LogP contribution in [-0.4, -0.2) is 29.6 Å². The average molecular weight is 267 g/mol. The number of ether oxygens (including phenoxy) is 1. The molecule has 1 saturated carbocycles. The first-order chi connectivity index (χ1) is 9.00. The minimum Gasteiger partial charge on any atom is -0.496 e. The average Bonchev–Trinajstić information content (AvgIpc) is 2.32. The van der Waals surface area contributed by atoms with Crippen molar-refractivity contribution in [2.75, 3.05) is 7.11 Å². The van der Waals surface area contributed by atoms with Gasteiger partial charge in [0.2, 0.25) is 0 Å². The summed E-state index contributed by atoms with van der Waals surface area (Å²) in [6.45, 7) is 0. The summed E-state index contributed by atoms with van der Waals surface area (Å²) in [5.41, 5.74) is -1.54. The standard InChI is InChI=1S/C13H14FNO4/c1-19-9-5-2-4-8(14)10(9)11(16)15-13(12(17)18)6-3-7-13/h2,4-5H,3,6-7H2,1H3,(H,15,16)(H,17,18). The van der Waals surface area contributed by atoms with Crippen molar-refractivity contribution in [2.45, 2.75) is 24.8 Å². The molecule has 0 unspecified atom stereocenters. The third-order valence-electron chi connectivity index (χ3n) is 3.39. The zero-order chi connectivity index (χ0) is 14.0. The van der Waals surface area contributed by atoms with E-state index in [1.54, 1.807) is 0 Å². The molecule has 1 aromatic carbocycles. The Bertz CT molecular complexity index is 525. The van der Waals surface area contributed by atoms with E-state index < -0.39 is 23.2 Å². The van der Waals surface area contributed by atoms with E-state index in [1.807, 2.05) is 0 Å². The summed E-state index contributed by atoms with van der Waals surface area (Å²) in [5.74, 6) is -2.52. The lowest BCUT2D eigenvalue weighted by atomic mass is 9.76. The van der Waals surface area contributed by atoms with Crippen molar-refractivity contribution in [3.05, 3.63) is 29.6 Å². The Morgan fingerprint density at radius 3 is 2.58 bits per heavy atom. The van der Waals surface area contributed by atoms with E-state index in [4.69, 9.17) is 9.84 Å². The smallest absolute Gasteiger partial charge is 0.329 e. The molecule has 1 aliphatic rings. The number of halogens is 1. The van der Waals surface area contributed by atoms with E-state index in [9.17, 15) is 14.0 Å². The van der Waals surface area contributed by atoms with Crippen LogP contribution in [0.5, 0.6) is 5.75 Å². The van der Waals surface area contributed by atoms with Gasteiger partial charge in [-0.25, -0.2) is 9.18 Å². The lowest BCUT2D eigenvalue weighted by Crippen LogP contribution is -2.59. The maximum absolute atomic E-state index is 13.7. The topological polar surface area (TPSA) is 75.6 Å². The fraction of sp³-hybridized carbons (Fsp3) is 0.385. The van der Waals surface area contributed by atoms with Crippen LogP contribution in [0.15, 0.2) is 18.2 Å². The number of hydrogen-bond donors (Lipinski definition) is 2. The monoisotopic (exact) mass is 267 g/mol. The van der Waals surface area contributed by atoms with Gasteiger partial charge in [-0.15, -0.1) is 0 Å². The normalized spacial score (nSPS) is 16.3. The van der Waals surface area contributed by atoms with Crippen molar-refractivity contribution in [1.82, 2.24) is 5.32 Å². The van der Waals surface area contributed by atoms with Crippen molar-refractivity contribution in [2.24, 2.45) is 0 Å². The highest BCUT2D eigenvalue weighted by atomic mass is 19.1. The minimum absolute atomic E-state index is 0.0809. The van der Waals surface area contributed by atoms with Gasteiger partial charge in [0.05, 0.1) is 7.11 Å². The van der Waals surface area contributed by atoms with Gasteiger partial charge in [-0.1, -0.05) is 6.07 Å². The van der Waals surface area contributed by atoms with E-state index in [-0.39, 0.29) is 11.3 Å². The molecule has 0 spiro atoms. The minimum atomic E-state index is -1.27. The van der Waals surface area contributed by atoms with Gasteiger partial charge in [0, 0.05) is 0 Å². The second kappa shape index (κ2) is 4.87. The Morgan fingerprint density at radius 2 is 2.11 bits per heavy atom. The molecule has 2 rings (SSSR count). The highest BCUT2D eigenvalue weighted by Gasteiger charge is 2.46. The van der Waals surface area contributed by atoms with Crippen LogP contribution in [0.3, 0.4) is 0 Å². The van der Waals surface area contributed by atoms with Crippen LogP contribution < -0.4 is 10.1 Å². The second-order valence-electron chi connectivity index (χ2n) is 4.51. The van der Waals surface area contributed by atoms with E-state index in [0.717, 1.165) is 12.5 Å². The predicted molar refractivity (Wildman–Crippen MR) is 64.6 cm³/mol. The van der Waals surface area contributed by atoms with Gasteiger partial charge in [-0.3, -0.25) is 4.79 Å². The van der Waals surface area contributed by atoms with Crippen molar-refractivity contribution in [1.29, 1.82) is 0 Å². The van der Waals surface area contributed by atoms with Crippen molar-refractivity contribution >= 4 is 11.9 Å². The maximum Gasteiger partial charge on any atom is 0.329 e. The molecule has 0 aliphatic heterocycles. The molecule has 0 radical (unpaired) electrons. The molecule has 0 heterocycles. The Balaban J connectivity index is 2.28. The van der Waals surface area contributed by atoms with E-state index >= 15 is 0 Å². The molecule has 1 fully saturated rings. The molecule has 0 atom stereocenters. The third kappa shape index (κ3) is 2.25. The molecule has 102 valence electrons. The predicted octanol–water partition coefficient (Wildman–Crippen LogP) is 1.57. The quantitative estimate of drug-likeness (QED) is 0.868. The van der Waals surface area contributed by atoms with Crippen LogP contribution in [-0.2, 0) is 4.79 Å². The number of carbonyl (C=O) groups is 2. The highest BCUT2D eigenvalue weighted by Crippen LogP contribution is 2.33. The summed E-state index contributed by atoms with van der Waals surface area (Å²) in [6, 6.07) is 4.00. The van der Waals surface area contributed by atoms with Crippen LogP contribution in [0.4, 0.5) is 4.39 Å². The molecule has 0 bridgehead atoms. The lowest BCUT2D eigenvalue weighted by Gasteiger charge is -2.38. The SMILES string of the molecule is COc1cccc(F)c1C(=O)NC1(C(=O)O)CCC1. The third-order valence-corrected chi connectivity index (χ3v) is 3.39. The van der Waals surface area contributed by atoms with Crippen molar-refractivity contribution in [3.63, 3.8) is 0 Å². The lowest BCUT2D eigenvalue weighted by molar-refractivity contribution is -0.148. The summed E-state index contributed by atoms with van der Waals surface area (Å²) in [5, 5.41) is 11.5. The fourth-order valence-electron chi connectivity index (χ4n) is 2.10. The highest BCUT2D eigenvalue weighted by molar-refractivity contribution is 6.00. The maximum atomic E-state index is 13.7. The first-order valence-electron chi connectivity index (χ1n) is 5.88. The van der Waals surface area contributed by atoms with E-state index in [1.165, 1.54) is 19.2 Å². The Kier molecular flexibility index (Phi) is 3.42. The Hall–Kier alpha value is -2.11. The van der Waals surface area contributed by atoms with Crippen molar-refractivity contribution < 1.29 is 23.8 Å². The molecular formula is C13H14FNO4. The summed E-state index contributed by atoms with van der Waals surface area (Å²) in [7, 11) is 1.32. The summed E-state index contributed by atoms with van der Waals surface area (Å²) in [4.78, 5) is 23.2. The molecule has 1 aliphatic carbocycles. The number of carboxylic acid groups (broad SMARTS) is 1. The van der Waals surface area contributed by atoms with Gasteiger partial charge >= 0.3 is 5.97 Å². The zero-order valence-corrected chi connectivity index (χ0v) is 10.4. The number of nitrogens with one attached hydrogen (secondary N) is 1. The van der Waals surface area contributed by atoms with E-state index in [0.29, 0.717) is 12.8 Å². The molecule has 2 N–H and O–H groups in total. The number of carboxylic acids is 1. The molecular weight excluding hydrogens is 253 g/mol. The number of amides is 1.